The van der Waals surface area contributed by atoms with Crippen LogP contribution in [0.1, 0.15) is 17.2 Å². The summed E-state index contributed by atoms with van der Waals surface area (Å²) in [4.78, 5) is 2.03. The van der Waals surface area contributed by atoms with Crippen LogP contribution in [0.5, 0.6) is 0 Å². The molecule has 0 heterocycles. The summed E-state index contributed by atoms with van der Waals surface area (Å²) >= 11 is 0. The number of likely N-dealkylation sites (N-methyl/N-ethyl adjacent to an activating group) is 1. The summed E-state index contributed by atoms with van der Waals surface area (Å²) in [6.45, 7) is 2.49. The molecule has 0 bridgehead atoms. The van der Waals surface area contributed by atoms with Gasteiger partial charge in [-0.1, -0.05) is 30.3 Å². The van der Waals surface area contributed by atoms with E-state index in [1.54, 1.807) is 0 Å². The van der Waals surface area contributed by atoms with E-state index in [2.05, 4.69) is 0 Å². The zero-order valence-corrected chi connectivity index (χ0v) is 11.4. The minimum absolute atomic E-state index is 0.534. The van der Waals surface area contributed by atoms with Crippen LogP contribution in [0, 0.1) is 6.92 Å². The highest BCUT2D eigenvalue weighted by molar-refractivity contribution is 5.50. The second kappa shape index (κ2) is 5.76. The number of aliphatic hydroxyl groups is 1. The quantitative estimate of drug-likeness (QED) is 0.827. The van der Waals surface area contributed by atoms with Crippen LogP contribution in [0.15, 0.2) is 48.5 Å². The van der Waals surface area contributed by atoms with Crippen molar-refractivity contribution in [3.05, 3.63) is 59.7 Å². The molecule has 1 unspecified atom stereocenters. The summed E-state index contributed by atoms with van der Waals surface area (Å²) in [6, 6.07) is 15.7. The van der Waals surface area contributed by atoms with Crippen molar-refractivity contribution >= 4 is 11.4 Å². The van der Waals surface area contributed by atoms with Gasteiger partial charge in [0.05, 0.1) is 6.10 Å². The molecule has 1 atom stereocenters. The van der Waals surface area contributed by atoms with Crippen LogP contribution in [0.4, 0.5) is 11.4 Å². The number of nitrogens with two attached hydrogens (primary N) is 1. The van der Waals surface area contributed by atoms with Gasteiger partial charge in [0.25, 0.3) is 0 Å². The summed E-state index contributed by atoms with van der Waals surface area (Å²) in [5.74, 6) is 0. The van der Waals surface area contributed by atoms with Crippen LogP contribution in [-0.4, -0.2) is 18.7 Å². The van der Waals surface area contributed by atoms with Crippen molar-refractivity contribution in [2.75, 3.05) is 24.2 Å². The first-order chi connectivity index (χ1) is 9.08. The van der Waals surface area contributed by atoms with Gasteiger partial charge < -0.3 is 15.7 Å². The summed E-state index contributed by atoms with van der Waals surface area (Å²) in [6.07, 6.45) is -0.548. The Balaban J connectivity index is 2.08. The van der Waals surface area contributed by atoms with Gasteiger partial charge in [0.15, 0.2) is 0 Å². The van der Waals surface area contributed by atoms with Crippen molar-refractivity contribution < 1.29 is 5.11 Å². The molecule has 2 rings (SSSR count). The predicted molar refractivity (Wildman–Crippen MR) is 80.3 cm³/mol. The van der Waals surface area contributed by atoms with Gasteiger partial charge in [-0.15, -0.1) is 0 Å². The van der Waals surface area contributed by atoms with Gasteiger partial charge in [0.1, 0.15) is 0 Å². The molecule has 19 heavy (non-hydrogen) atoms. The van der Waals surface area contributed by atoms with Crippen molar-refractivity contribution in [1.82, 2.24) is 0 Å². The molecule has 0 aliphatic rings. The third-order valence-corrected chi connectivity index (χ3v) is 3.33. The average molecular weight is 256 g/mol. The van der Waals surface area contributed by atoms with E-state index in [1.807, 2.05) is 67.4 Å². The van der Waals surface area contributed by atoms with Crippen molar-refractivity contribution in [1.29, 1.82) is 0 Å². The van der Waals surface area contributed by atoms with Crippen LogP contribution in [0.2, 0.25) is 0 Å². The molecule has 3 heteroatoms. The second-order valence-corrected chi connectivity index (χ2v) is 4.85. The van der Waals surface area contributed by atoms with Crippen molar-refractivity contribution in [2.45, 2.75) is 13.0 Å². The fourth-order valence-electron chi connectivity index (χ4n) is 2.02. The third kappa shape index (κ3) is 3.26. The standard InChI is InChI=1S/C16H20N2O/c1-12-8-9-13(10-15(12)17)16(19)11-18(2)14-6-4-3-5-7-14/h3-10,16,19H,11,17H2,1-2H3. The Kier molecular flexibility index (Phi) is 4.07. The third-order valence-electron chi connectivity index (χ3n) is 3.33. The monoisotopic (exact) mass is 256 g/mol. The van der Waals surface area contributed by atoms with Crippen molar-refractivity contribution in [3.63, 3.8) is 0 Å². The Morgan fingerprint density at radius 3 is 2.47 bits per heavy atom. The molecular weight excluding hydrogens is 236 g/mol. The minimum atomic E-state index is -0.548. The first-order valence-electron chi connectivity index (χ1n) is 6.38. The molecule has 3 N–H and O–H groups in total. The number of anilines is 2. The number of para-hydroxylation sites is 1. The predicted octanol–water partition coefficient (Wildman–Crippen LogP) is 2.75. The smallest absolute Gasteiger partial charge is 0.0965 e. The SMILES string of the molecule is Cc1ccc(C(O)CN(C)c2ccccc2)cc1N. The normalized spacial score (nSPS) is 12.2. The number of rotatable bonds is 4. The minimum Gasteiger partial charge on any atom is -0.399 e. The zero-order chi connectivity index (χ0) is 13.8. The number of aryl methyl sites for hydroxylation is 1. The average Bonchev–Trinajstić information content (AvgIpc) is 2.42. The molecule has 2 aromatic rings. The highest BCUT2D eigenvalue weighted by Gasteiger charge is 2.12. The van der Waals surface area contributed by atoms with Crippen molar-refractivity contribution in [3.8, 4) is 0 Å². The maximum absolute atomic E-state index is 10.3. The van der Waals surface area contributed by atoms with Crippen LogP contribution < -0.4 is 10.6 Å². The molecule has 0 aliphatic heterocycles. The van der Waals surface area contributed by atoms with E-state index in [4.69, 9.17) is 5.73 Å². The fourth-order valence-corrected chi connectivity index (χ4v) is 2.02. The molecule has 0 fully saturated rings. The van der Waals surface area contributed by atoms with E-state index in [0.717, 1.165) is 22.5 Å². The summed E-state index contributed by atoms with van der Waals surface area (Å²) in [5.41, 5.74) is 9.57. The molecule has 0 spiro atoms. The Morgan fingerprint density at radius 2 is 1.84 bits per heavy atom. The lowest BCUT2D eigenvalue weighted by atomic mass is 10.1. The first-order valence-corrected chi connectivity index (χ1v) is 6.38. The highest BCUT2D eigenvalue weighted by Crippen LogP contribution is 2.21. The van der Waals surface area contributed by atoms with E-state index in [1.165, 1.54) is 0 Å². The molecule has 2 aromatic carbocycles. The molecule has 0 saturated heterocycles. The second-order valence-electron chi connectivity index (χ2n) is 4.85. The van der Waals surface area contributed by atoms with Crippen LogP contribution in [0.3, 0.4) is 0 Å². The van der Waals surface area contributed by atoms with E-state index in [-0.39, 0.29) is 0 Å². The number of hydrogen-bond donors (Lipinski definition) is 2. The van der Waals surface area contributed by atoms with Gasteiger partial charge >= 0.3 is 0 Å². The van der Waals surface area contributed by atoms with Gasteiger partial charge in [-0.05, 0) is 36.2 Å². The van der Waals surface area contributed by atoms with E-state index in [0.29, 0.717) is 6.54 Å². The number of hydrogen-bond acceptors (Lipinski definition) is 3. The van der Waals surface area contributed by atoms with Crippen molar-refractivity contribution in [2.24, 2.45) is 0 Å². The zero-order valence-electron chi connectivity index (χ0n) is 11.4. The highest BCUT2D eigenvalue weighted by atomic mass is 16.3. The Labute approximate surface area is 114 Å². The Bertz CT molecular complexity index is 540. The number of aliphatic hydroxyl groups excluding tert-OH is 1. The maximum Gasteiger partial charge on any atom is 0.0965 e. The molecule has 0 radical (unpaired) electrons. The van der Waals surface area contributed by atoms with Crippen LogP contribution in [0.25, 0.3) is 0 Å². The number of nitrogen functional groups attached to an aromatic ring is 1. The number of benzene rings is 2. The topological polar surface area (TPSA) is 49.5 Å². The van der Waals surface area contributed by atoms with E-state index in [9.17, 15) is 5.11 Å². The summed E-state index contributed by atoms with van der Waals surface area (Å²) in [5, 5.41) is 10.3. The fraction of sp³-hybridized carbons (Fsp3) is 0.250. The lowest BCUT2D eigenvalue weighted by Gasteiger charge is -2.23. The van der Waals surface area contributed by atoms with Gasteiger partial charge in [-0.2, -0.15) is 0 Å². The lowest BCUT2D eigenvalue weighted by Crippen LogP contribution is -2.24. The lowest BCUT2D eigenvalue weighted by molar-refractivity contribution is 0.185. The maximum atomic E-state index is 10.3. The molecule has 0 aromatic heterocycles. The van der Waals surface area contributed by atoms with Gasteiger partial charge in [-0.25, -0.2) is 0 Å². The number of nitrogens with zero attached hydrogens (tertiary/aromatic N) is 1. The van der Waals surface area contributed by atoms with Crippen LogP contribution in [-0.2, 0) is 0 Å². The molecule has 0 saturated carbocycles. The molecule has 0 aliphatic carbocycles. The first kappa shape index (κ1) is 13.4. The van der Waals surface area contributed by atoms with E-state index >= 15 is 0 Å². The molecule has 0 amide bonds. The van der Waals surface area contributed by atoms with Crippen LogP contribution >= 0.6 is 0 Å². The molecule has 3 nitrogen and oxygen atoms in total. The summed E-state index contributed by atoms with van der Waals surface area (Å²) < 4.78 is 0. The van der Waals surface area contributed by atoms with Gasteiger partial charge in [-0.3, -0.25) is 0 Å². The molecular formula is C16H20N2O. The largest absolute Gasteiger partial charge is 0.399 e. The van der Waals surface area contributed by atoms with Gasteiger partial charge in [0.2, 0.25) is 0 Å². The molecule has 100 valence electrons. The Morgan fingerprint density at radius 1 is 1.16 bits per heavy atom. The Hall–Kier alpha value is -2.00. The van der Waals surface area contributed by atoms with E-state index < -0.39 is 6.10 Å². The van der Waals surface area contributed by atoms with Gasteiger partial charge in [0, 0.05) is 25.0 Å². The summed E-state index contributed by atoms with van der Waals surface area (Å²) in [7, 11) is 1.97.